The van der Waals surface area contributed by atoms with Crippen LogP contribution in [0.3, 0.4) is 0 Å². The van der Waals surface area contributed by atoms with Crippen LogP contribution < -0.4 is 10.5 Å². The second-order valence-electron chi connectivity index (χ2n) is 5.81. The molecule has 1 atom stereocenters. The van der Waals surface area contributed by atoms with E-state index in [4.69, 9.17) is 15.0 Å². The molecule has 1 unspecified atom stereocenters. The lowest BCUT2D eigenvalue weighted by Crippen LogP contribution is -2.41. The second-order valence-corrected chi connectivity index (χ2v) is 8.51. The van der Waals surface area contributed by atoms with Gasteiger partial charge in [-0.1, -0.05) is 0 Å². The van der Waals surface area contributed by atoms with Crippen molar-refractivity contribution in [3.05, 3.63) is 17.0 Å². The van der Waals surface area contributed by atoms with Gasteiger partial charge in [-0.2, -0.15) is 0 Å². The van der Waals surface area contributed by atoms with Crippen LogP contribution in [0.4, 0.5) is 0 Å². The number of primary sulfonamides is 1. The fraction of sp³-hybridized carbons (Fsp3) is 0.538. The maximum absolute atomic E-state index is 12.0. The van der Waals surface area contributed by atoms with Crippen molar-refractivity contribution in [3.63, 3.8) is 0 Å². The van der Waals surface area contributed by atoms with Crippen molar-refractivity contribution < 1.29 is 27.9 Å². The first-order valence-corrected chi connectivity index (χ1v) is 9.12. The summed E-state index contributed by atoms with van der Waals surface area (Å²) in [6, 6.07) is -0.0254. The third-order valence-corrected chi connectivity index (χ3v) is 5.05. The Labute approximate surface area is 138 Å². The molecule has 1 aromatic rings. The number of nitrogens with two attached hydrogens (primary N) is 1. The van der Waals surface area contributed by atoms with Gasteiger partial charge in [-0.05, 0) is 26.8 Å². The number of nitrogens with one attached hydrogen (secondary N) is 1. The number of hydrogen-bond donors (Lipinski definition) is 3. The topological polar surface area (TPSA) is 136 Å². The first-order chi connectivity index (χ1) is 10.4. The molecule has 0 aliphatic rings. The zero-order valence-corrected chi connectivity index (χ0v) is 14.7. The Morgan fingerprint density at radius 1 is 1.43 bits per heavy atom. The molecular weight excluding hydrogens is 344 g/mol. The van der Waals surface area contributed by atoms with Crippen molar-refractivity contribution >= 4 is 33.2 Å². The number of aliphatic carboxylic acids is 1. The molecule has 23 heavy (non-hydrogen) atoms. The predicted octanol–water partition coefficient (Wildman–Crippen LogP) is 0.784. The first-order valence-electron chi connectivity index (χ1n) is 6.69. The van der Waals surface area contributed by atoms with E-state index in [0.29, 0.717) is 0 Å². The number of hydrogen-bond acceptors (Lipinski definition) is 6. The molecule has 0 saturated heterocycles. The van der Waals surface area contributed by atoms with Gasteiger partial charge >= 0.3 is 5.97 Å². The summed E-state index contributed by atoms with van der Waals surface area (Å²) < 4.78 is 27.6. The molecule has 0 saturated carbocycles. The minimum atomic E-state index is -3.89. The van der Waals surface area contributed by atoms with Crippen molar-refractivity contribution in [2.45, 2.75) is 43.0 Å². The van der Waals surface area contributed by atoms with E-state index >= 15 is 0 Å². The fourth-order valence-electron chi connectivity index (χ4n) is 1.57. The Morgan fingerprint density at radius 3 is 2.48 bits per heavy atom. The van der Waals surface area contributed by atoms with Crippen molar-refractivity contribution in [2.75, 3.05) is 6.61 Å². The monoisotopic (exact) mass is 364 g/mol. The van der Waals surface area contributed by atoms with E-state index in [2.05, 4.69) is 5.32 Å². The average Bonchev–Trinajstić information content (AvgIpc) is 2.85. The molecule has 0 radical (unpaired) electrons. The van der Waals surface area contributed by atoms with Crippen LogP contribution in [0.15, 0.2) is 15.7 Å². The molecule has 130 valence electrons. The van der Waals surface area contributed by atoms with E-state index in [1.54, 1.807) is 0 Å². The fourth-order valence-corrected chi connectivity index (χ4v) is 3.15. The number of sulfonamides is 1. The Hall–Kier alpha value is -1.49. The van der Waals surface area contributed by atoms with E-state index in [1.165, 1.54) is 5.38 Å². The van der Waals surface area contributed by atoms with Crippen molar-refractivity contribution in [1.82, 2.24) is 5.32 Å². The van der Waals surface area contributed by atoms with Gasteiger partial charge in [0, 0.05) is 18.4 Å². The minimum Gasteiger partial charge on any atom is -0.480 e. The molecule has 0 fully saturated rings. The van der Waals surface area contributed by atoms with Crippen molar-refractivity contribution in [2.24, 2.45) is 5.14 Å². The maximum atomic E-state index is 12.0. The molecule has 1 heterocycles. The lowest BCUT2D eigenvalue weighted by molar-refractivity contribution is -0.140. The molecule has 8 nitrogen and oxygen atoms in total. The van der Waals surface area contributed by atoms with Crippen LogP contribution in [0.5, 0.6) is 0 Å². The summed E-state index contributed by atoms with van der Waals surface area (Å²) in [5, 5.41) is 17.8. The largest absolute Gasteiger partial charge is 0.480 e. The third-order valence-electron chi connectivity index (χ3n) is 2.66. The smallest absolute Gasteiger partial charge is 0.326 e. The number of ether oxygens (including phenoxy) is 1. The number of carbonyl (C=O) groups is 2. The molecule has 0 bridgehead atoms. The summed E-state index contributed by atoms with van der Waals surface area (Å²) in [5.74, 6) is -1.88. The lowest BCUT2D eigenvalue weighted by Gasteiger charge is -2.21. The van der Waals surface area contributed by atoms with Crippen LogP contribution in [-0.2, 0) is 19.6 Å². The number of carboxylic acid groups (broad SMARTS) is 1. The number of amides is 1. The molecule has 0 spiro atoms. The Balaban J connectivity index is 2.71. The van der Waals surface area contributed by atoms with Crippen molar-refractivity contribution in [1.29, 1.82) is 0 Å². The van der Waals surface area contributed by atoms with Gasteiger partial charge in [0.05, 0.1) is 11.2 Å². The standard InChI is InChI=1S/C13H20N2O6S2/c1-13(2,3)21-5-4-9(12(17)18)15-11(16)8-6-10(22-7-8)23(14,19)20/h6-7,9H,4-5H2,1-3H3,(H,15,16)(H,17,18)(H2,14,19,20). The van der Waals surface area contributed by atoms with Crippen LogP contribution in [0.2, 0.25) is 0 Å². The van der Waals surface area contributed by atoms with Crippen LogP contribution in [0, 0.1) is 0 Å². The van der Waals surface area contributed by atoms with Crippen LogP contribution in [0.25, 0.3) is 0 Å². The summed E-state index contributed by atoms with van der Waals surface area (Å²) in [4.78, 5) is 23.2. The summed E-state index contributed by atoms with van der Waals surface area (Å²) in [7, 11) is -3.89. The van der Waals surface area contributed by atoms with E-state index < -0.39 is 33.5 Å². The SMILES string of the molecule is CC(C)(C)OCCC(NC(=O)c1csc(S(N)(=O)=O)c1)C(=O)O. The van der Waals surface area contributed by atoms with Crippen molar-refractivity contribution in [3.8, 4) is 0 Å². The maximum Gasteiger partial charge on any atom is 0.326 e. The van der Waals surface area contributed by atoms with E-state index in [0.717, 1.165) is 17.4 Å². The first kappa shape index (κ1) is 19.6. The molecular formula is C13H20N2O6S2. The molecule has 4 N–H and O–H groups in total. The number of thiophene rings is 1. The summed E-state index contributed by atoms with van der Waals surface area (Å²) in [6.07, 6.45) is 0.0878. The quantitative estimate of drug-likeness (QED) is 0.654. The molecule has 0 aromatic carbocycles. The highest BCUT2D eigenvalue weighted by Gasteiger charge is 2.23. The van der Waals surface area contributed by atoms with Gasteiger partial charge in [0.2, 0.25) is 10.0 Å². The number of carboxylic acids is 1. The van der Waals surface area contributed by atoms with E-state index in [1.807, 2.05) is 20.8 Å². The molecule has 1 amide bonds. The lowest BCUT2D eigenvalue weighted by atomic mass is 10.1. The highest BCUT2D eigenvalue weighted by atomic mass is 32.2. The molecule has 1 rings (SSSR count). The van der Waals surface area contributed by atoms with Gasteiger partial charge in [-0.25, -0.2) is 18.4 Å². The molecule has 10 heteroatoms. The van der Waals surface area contributed by atoms with E-state index in [9.17, 15) is 18.0 Å². The summed E-state index contributed by atoms with van der Waals surface area (Å²) in [6.45, 7) is 5.66. The van der Waals surface area contributed by atoms with E-state index in [-0.39, 0.29) is 22.8 Å². The number of carbonyl (C=O) groups excluding carboxylic acids is 1. The molecule has 1 aromatic heterocycles. The Morgan fingerprint density at radius 2 is 2.04 bits per heavy atom. The van der Waals surface area contributed by atoms with Crippen LogP contribution >= 0.6 is 11.3 Å². The minimum absolute atomic E-state index is 0.0435. The van der Waals surface area contributed by atoms with Gasteiger partial charge in [0.25, 0.3) is 5.91 Å². The zero-order chi connectivity index (χ0) is 17.8. The summed E-state index contributed by atoms with van der Waals surface area (Å²) in [5.41, 5.74) is -0.368. The van der Waals surface area contributed by atoms with Gasteiger partial charge in [0.15, 0.2) is 0 Å². The van der Waals surface area contributed by atoms with Gasteiger partial charge in [-0.3, -0.25) is 4.79 Å². The normalized spacial score (nSPS) is 13.6. The summed E-state index contributed by atoms with van der Waals surface area (Å²) >= 11 is 0.796. The molecule has 0 aliphatic heterocycles. The predicted molar refractivity (Wildman–Crippen MR) is 84.9 cm³/mol. The average molecular weight is 364 g/mol. The van der Waals surface area contributed by atoms with Gasteiger partial charge < -0.3 is 15.2 Å². The van der Waals surface area contributed by atoms with Gasteiger partial charge in [-0.15, -0.1) is 11.3 Å². The van der Waals surface area contributed by atoms with Crippen LogP contribution in [-0.4, -0.2) is 43.7 Å². The highest BCUT2D eigenvalue weighted by Crippen LogP contribution is 2.19. The van der Waals surface area contributed by atoms with Crippen LogP contribution in [0.1, 0.15) is 37.6 Å². The second kappa shape index (κ2) is 7.39. The Kier molecular flexibility index (Phi) is 6.28. The zero-order valence-electron chi connectivity index (χ0n) is 13.0. The Bertz CT molecular complexity index is 675. The number of rotatable bonds is 7. The third kappa shape index (κ3) is 6.65. The highest BCUT2D eigenvalue weighted by molar-refractivity contribution is 7.91. The molecule has 0 aliphatic carbocycles. The van der Waals surface area contributed by atoms with Gasteiger partial charge in [0.1, 0.15) is 10.3 Å².